The third-order valence-electron chi connectivity index (χ3n) is 4.15. The highest BCUT2D eigenvalue weighted by Crippen LogP contribution is 2.33. The molecule has 1 aliphatic heterocycles. The molecule has 0 atom stereocenters. The van der Waals surface area contributed by atoms with Gasteiger partial charge in [-0.25, -0.2) is 4.98 Å². The first-order valence-electron chi connectivity index (χ1n) is 7.46. The Labute approximate surface area is 120 Å². The van der Waals surface area contributed by atoms with Crippen molar-refractivity contribution in [3.63, 3.8) is 0 Å². The van der Waals surface area contributed by atoms with E-state index >= 15 is 0 Å². The van der Waals surface area contributed by atoms with Gasteiger partial charge < -0.3 is 14.6 Å². The lowest BCUT2D eigenvalue weighted by molar-refractivity contribution is 0.292. The molecule has 1 N–H and O–H groups in total. The topological polar surface area (TPSA) is 32.6 Å². The summed E-state index contributed by atoms with van der Waals surface area (Å²) in [6.45, 7) is 7.76. The van der Waals surface area contributed by atoms with Crippen molar-refractivity contribution in [1.29, 1.82) is 0 Å². The van der Waals surface area contributed by atoms with Crippen molar-refractivity contribution in [3.05, 3.63) is 30.1 Å². The fourth-order valence-corrected chi connectivity index (χ4v) is 3.22. The van der Waals surface area contributed by atoms with Gasteiger partial charge in [0.15, 0.2) is 5.82 Å². The van der Waals surface area contributed by atoms with E-state index in [1.165, 1.54) is 18.5 Å². The van der Waals surface area contributed by atoms with E-state index in [0.29, 0.717) is 5.41 Å². The second-order valence-corrected chi connectivity index (χ2v) is 6.53. The molecule has 0 amide bonds. The number of fused-ring (bicyclic) bond motifs is 1. The first-order valence-corrected chi connectivity index (χ1v) is 7.46. The lowest BCUT2D eigenvalue weighted by atomic mass is 9.84. The van der Waals surface area contributed by atoms with Crippen LogP contribution in [-0.4, -0.2) is 29.5 Å². The van der Waals surface area contributed by atoms with E-state index in [2.05, 4.69) is 52.9 Å². The van der Waals surface area contributed by atoms with Gasteiger partial charge in [-0.15, -0.1) is 0 Å². The SMILES string of the molecule is CNCc1c(N2CCCC(C)(C)C2)nc2ccccn12. The van der Waals surface area contributed by atoms with Crippen LogP contribution in [0.4, 0.5) is 5.82 Å². The van der Waals surface area contributed by atoms with Gasteiger partial charge in [0.2, 0.25) is 0 Å². The normalized spacial score (nSPS) is 18.6. The molecule has 0 aliphatic carbocycles. The molecule has 0 aromatic carbocycles. The first-order chi connectivity index (χ1) is 9.61. The lowest BCUT2D eigenvalue weighted by Gasteiger charge is -2.38. The van der Waals surface area contributed by atoms with Gasteiger partial charge in [0.05, 0.1) is 5.69 Å². The average molecular weight is 272 g/mol. The van der Waals surface area contributed by atoms with Gasteiger partial charge in [-0.3, -0.25) is 0 Å². The lowest BCUT2D eigenvalue weighted by Crippen LogP contribution is -2.40. The van der Waals surface area contributed by atoms with E-state index in [1.807, 2.05) is 7.05 Å². The number of anilines is 1. The van der Waals surface area contributed by atoms with Crippen molar-refractivity contribution in [2.45, 2.75) is 33.2 Å². The molecule has 1 aliphatic rings. The van der Waals surface area contributed by atoms with Crippen LogP contribution in [0, 0.1) is 5.41 Å². The predicted molar refractivity (Wildman–Crippen MR) is 83.2 cm³/mol. The number of aromatic nitrogens is 2. The van der Waals surface area contributed by atoms with Gasteiger partial charge in [0.1, 0.15) is 5.65 Å². The van der Waals surface area contributed by atoms with E-state index in [1.54, 1.807) is 0 Å². The van der Waals surface area contributed by atoms with Crippen LogP contribution >= 0.6 is 0 Å². The zero-order chi connectivity index (χ0) is 14.2. The molecule has 1 fully saturated rings. The number of imidazole rings is 1. The molecule has 0 unspecified atom stereocenters. The first kappa shape index (κ1) is 13.4. The highest BCUT2D eigenvalue weighted by Gasteiger charge is 2.29. The van der Waals surface area contributed by atoms with Crippen LogP contribution < -0.4 is 10.2 Å². The van der Waals surface area contributed by atoms with Crippen LogP contribution in [0.1, 0.15) is 32.4 Å². The van der Waals surface area contributed by atoms with Crippen molar-refractivity contribution in [1.82, 2.24) is 14.7 Å². The summed E-state index contributed by atoms with van der Waals surface area (Å²) in [4.78, 5) is 7.33. The molecule has 0 spiro atoms. The molecule has 108 valence electrons. The number of hydrogen-bond donors (Lipinski definition) is 1. The van der Waals surface area contributed by atoms with Crippen LogP contribution in [-0.2, 0) is 6.54 Å². The predicted octanol–water partition coefficient (Wildman–Crippen LogP) is 2.68. The van der Waals surface area contributed by atoms with Gasteiger partial charge in [-0.1, -0.05) is 19.9 Å². The van der Waals surface area contributed by atoms with Gasteiger partial charge >= 0.3 is 0 Å². The van der Waals surface area contributed by atoms with E-state index in [9.17, 15) is 0 Å². The number of rotatable bonds is 3. The maximum absolute atomic E-state index is 4.87. The van der Waals surface area contributed by atoms with Crippen molar-refractivity contribution in [2.24, 2.45) is 5.41 Å². The fourth-order valence-electron chi connectivity index (χ4n) is 3.22. The Balaban J connectivity index is 2.03. The summed E-state index contributed by atoms with van der Waals surface area (Å²) in [5.41, 5.74) is 2.68. The van der Waals surface area contributed by atoms with Gasteiger partial charge in [0.25, 0.3) is 0 Å². The van der Waals surface area contributed by atoms with E-state index in [-0.39, 0.29) is 0 Å². The smallest absolute Gasteiger partial charge is 0.152 e. The third kappa shape index (κ3) is 2.40. The molecule has 0 radical (unpaired) electrons. The third-order valence-corrected chi connectivity index (χ3v) is 4.15. The Morgan fingerprint density at radius 2 is 2.20 bits per heavy atom. The van der Waals surface area contributed by atoms with Crippen LogP contribution in [0.15, 0.2) is 24.4 Å². The Hall–Kier alpha value is -1.55. The monoisotopic (exact) mass is 272 g/mol. The second-order valence-electron chi connectivity index (χ2n) is 6.53. The Bertz CT molecular complexity index is 600. The van der Waals surface area contributed by atoms with Gasteiger partial charge in [0, 0.05) is 25.8 Å². The summed E-state index contributed by atoms with van der Waals surface area (Å²) in [7, 11) is 1.99. The molecule has 0 bridgehead atoms. The summed E-state index contributed by atoms with van der Waals surface area (Å²) in [6.07, 6.45) is 4.66. The molecule has 0 saturated carbocycles. The quantitative estimate of drug-likeness (QED) is 0.932. The van der Waals surface area contributed by atoms with Gasteiger partial charge in [-0.05, 0) is 37.4 Å². The molecule has 2 aromatic rings. The van der Waals surface area contributed by atoms with Gasteiger partial charge in [-0.2, -0.15) is 0 Å². The molecule has 1 saturated heterocycles. The number of hydrogen-bond acceptors (Lipinski definition) is 3. The van der Waals surface area contributed by atoms with Crippen LogP contribution in [0.3, 0.4) is 0 Å². The Morgan fingerprint density at radius 1 is 1.35 bits per heavy atom. The van der Waals surface area contributed by atoms with Crippen LogP contribution in [0.5, 0.6) is 0 Å². The number of pyridine rings is 1. The Kier molecular flexibility index (Phi) is 3.42. The minimum Gasteiger partial charge on any atom is -0.355 e. The van der Waals surface area contributed by atoms with Crippen LogP contribution in [0.2, 0.25) is 0 Å². The number of nitrogens with one attached hydrogen (secondary N) is 1. The molecular weight excluding hydrogens is 248 g/mol. The summed E-state index contributed by atoms with van der Waals surface area (Å²) < 4.78 is 2.20. The standard InChI is InChI=1S/C16H24N4/c1-16(2)8-6-9-19(12-16)15-13(11-17-3)20-10-5-4-7-14(20)18-15/h4-5,7,10,17H,6,8-9,11-12H2,1-3H3. The van der Waals surface area contributed by atoms with Crippen LogP contribution in [0.25, 0.3) is 5.65 Å². The number of nitrogens with zero attached hydrogens (tertiary/aromatic N) is 3. The zero-order valence-corrected chi connectivity index (χ0v) is 12.7. The minimum atomic E-state index is 0.380. The second kappa shape index (κ2) is 5.09. The molecule has 3 rings (SSSR count). The molecular formula is C16H24N4. The zero-order valence-electron chi connectivity index (χ0n) is 12.7. The summed E-state index contributed by atoms with van der Waals surface area (Å²) in [5.74, 6) is 1.15. The largest absolute Gasteiger partial charge is 0.355 e. The maximum Gasteiger partial charge on any atom is 0.152 e. The minimum absolute atomic E-state index is 0.380. The van der Waals surface area contributed by atoms with Crippen molar-refractivity contribution in [2.75, 3.05) is 25.0 Å². The Morgan fingerprint density at radius 3 is 2.95 bits per heavy atom. The highest BCUT2D eigenvalue weighted by atomic mass is 15.2. The molecule has 20 heavy (non-hydrogen) atoms. The molecule has 4 nitrogen and oxygen atoms in total. The molecule has 2 aromatic heterocycles. The van der Waals surface area contributed by atoms with E-state index in [4.69, 9.17) is 4.98 Å². The average Bonchev–Trinajstić information content (AvgIpc) is 2.77. The molecule has 4 heteroatoms. The van der Waals surface area contributed by atoms with Crippen molar-refractivity contribution in [3.8, 4) is 0 Å². The van der Waals surface area contributed by atoms with Crippen molar-refractivity contribution >= 4 is 11.5 Å². The summed E-state index contributed by atoms with van der Waals surface area (Å²) in [6, 6.07) is 6.20. The maximum atomic E-state index is 4.87. The van der Waals surface area contributed by atoms with E-state index in [0.717, 1.165) is 31.1 Å². The highest BCUT2D eigenvalue weighted by molar-refractivity contribution is 5.56. The van der Waals surface area contributed by atoms with Crippen molar-refractivity contribution < 1.29 is 0 Å². The fraction of sp³-hybridized carbons (Fsp3) is 0.562. The summed E-state index contributed by atoms with van der Waals surface area (Å²) >= 11 is 0. The van der Waals surface area contributed by atoms with E-state index < -0.39 is 0 Å². The molecule has 3 heterocycles. The summed E-state index contributed by atoms with van der Waals surface area (Å²) in [5, 5.41) is 3.27. The number of piperidine rings is 1.